The smallest absolute Gasteiger partial charge is 0.416 e. The predicted molar refractivity (Wildman–Crippen MR) is 168 cm³/mol. The molecule has 1 saturated heterocycles. The maximum absolute atomic E-state index is 14.3. The molecule has 3 aliphatic rings. The Morgan fingerprint density at radius 3 is 2.71 bits per heavy atom. The second-order valence-electron chi connectivity index (χ2n) is 12.7. The first kappa shape index (κ1) is 33.3. The molecule has 0 spiro atoms. The summed E-state index contributed by atoms with van der Waals surface area (Å²) in [6, 6.07) is 7.51. The van der Waals surface area contributed by atoms with E-state index in [1.165, 1.54) is 4.90 Å². The number of hydrogen-bond acceptors (Lipinski definition) is 6. The van der Waals surface area contributed by atoms with Gasteiger partial charge in [-0.2, -0.15) is 18.2 Å². The Bertz CT molecular complexity index is 1740. The molecule has 10 nitrogen and oxygen atoms in total. The van der Waals surface area contributed by atoms with Crippen molar-refractivity contribution in [1.82, 2.24) is 19.8 Å². The lowest BCUT2D eigenvalue weighted by molar-refractivity contribution is -0.145. The summed E-state index contributed by atoms with van der Waals surface area (Å²) in [5.74, 6) is -3.96. The lowest BCUT2D eigenvalue weighted by Crippen LogP contribution is -2.55. The Morgan fingerprint density at radius 1 is 1.17 bits per heavy atom. The third-order valence-corrected chi connectivity index (χ3v) is 9.39. The van der Waals surface area contributed by atoms with Crippen LogP contribution in [-0.2, 0) is 27.1 Å². The van der Waals surface area contributed by atoms with Crippen LogP contribution in [0.15, 0.2) is 54.6 Å². The molecule has 3 heterocycles. The van der Waals surface area contributed by atoms with Crippen LogP contribution < -0.4 is 15.4 Å². The SMILES string of the molecule is CCn1c(O[C@@H]2C[C@H]3C(=O)N[C@]4(C(=O)O)C[C@H]4/C=C\CCCCC[C@H](Nc4cc(F)cc(C(F)(F)F)c4)C(=O)N3C2)nc2ccccc21. The van der Waals surface area contributed by atoms with Crippen molar-refractivity contribution in [2.75, 3.05) is 11.9 Å². The van der Waals surface area contributed by atoms with Crippen molar-refractivity contribution >= 4 is 34.5 Å². The fourth-order valence-electron chi connectivity index (χ4n) is 6.78. The highest BCUT2D eigenvalue weighted by Crippen LogP contribution is 2.45. The molecule has 1 aliphatic carbocycles. The van der Waals surface area contributed by atoms with Gasteiger partial charge in [0, 0.05) is 24.6 Å². The van der Waals surface area contributed by atoms with Crippen LogP contribution in [0.5, 0.6) is 6.01 Å². The predicted octanol–water partition coefficient (Wildman–Crippen LogP) is 5.52. The molecule has 0 bridgehead atoms. The number of hydrogen-bond donors (Lipinski definition) is 3. The molecule has 3 N–H and O–H groups in total. The van der Waals surface area contributed by atoms with Crippen molar-refractivity contribution in [3.8, 4) is 6.01 Å². The van der Waals surface area contributed by atoms with E-state index in [0.717, 1.165) is 24.1 Å². The van der Waals surface area contributed by atoms with Gasteiger partial charge in [0.25, 0.3) is 6.01 Å². The molecule has 5 atom stereocenters. The van der Waals surface area contributed by atoms with E-state index in [4.69, 9.17) is 4.74 Å². The van der Waals surface area contributed by atoms with Crippen LogP contribution in [-0.4, -0.2) is 67.6 Å². The molecule has 2 aliphatic heterocycles. The van der Waals surface area contributed by atoms with Crippen LogP contribution >= 0.6 is 0 Å². The number of aliphatic carboxylic acids is 1. The normalized spacial score (nSPS) is 27.3. The van der Waals surface area contributed by atoms with E-state index in [1.54, 1.807) is 6.08 Å². The number of nitrogens with one attached hydrogen (secondary N) is 2. The van der Waals surface area contributed by atoms with Crippen molar-refractivity contribution in [2.45, 2.75) is 88.3 Å². The summed E-state index contributed by atoms with van der Waals surface area (Å²) < 4.78 is 63.0. The molecule has 0 unspecified atom stereocenters. The Hall–Kier alpha value is -4.62. The second-order valence-corrected chi connectivity index (χ2v) is 12.7. The first-order chi connectivity index (χ1) is 22.9. The maximum Gasteiger partial charge on any atom is 0.416 e. The highest BCUT2D eigenvalue weighted by atomic mass is 19.4. The molecule has 2 fully saturated rings. The number of carboxylic acids is 1. The van der Waals surface area contributed by atoms with Gasteiger partial charge in [-0.3, -0.25) is 14.2 Å². The number of aryl methyl sites for hydroxylation is 1. The molecular weight excluding hydrogens is 634 g/mol. The second kappa shape index (κ2) is 13.1. The molecule has 14 heteroatoms. The minimum absolute atomic E-state index is 0.0194. The number of carboxylic acid groups (broad SMARTS) is 1. The van der Waals surface area contributed by atoms with E-state index in [-0.39, 0.29) is 31.5 Å². The van der Waals surface area contributed by atoms with Crippen LogP contribution in [0, 0.1) is 11.7 Å². The summed E-state index contributed by atoms with van der Waals surface area (Å²) in [6.45, 7) is 2.39. The summed E-state index contributed by atoms with van der Waals surface area (Å²) in [4.78, 5) is 46.5. The van der Waals surface area contributed by atoms with Crippen LogP contribution in [0.2, 0.25) is 0 Å². The van der Waals surface area contributed by atoms with Gasteiger partial charge in [-0.25, -0.2) is 9.18 Å². The monoisotopic (exact) mass is 671 g/mol. The molecule has 2 amide bonds. The zero-order valence-corrected chi connectivity index (χ0v) is 26.3. The van der Waals surface area contributed by atoms with Gasteiger partial charge in [-0.15, -0.1) is 0 Å². The number of alkyl halides is 3. The number of benzene rings is 2. The molecule has 0 radical (unpaired) electrons. The lowest BCUT2D eigenvalue weighted by Gasteiger charge is -2.30. The van der Waals surface area contributed by atoms with Crippen LogP contribution in [0.3, 0.4) is 0 Å². The number of carbonyl (C=O) groups excluding carboxylic acids is 2. The van der Waals surface area contributed by atoms with Crippen LogP contribution in [0.25, 0.3) is 11.0 Å². The number of halogens is 4. The summed E-state index contributed by atoms with van der Waals surface area (Å²) in [7, 11) is 0. The van der Waals surface area contributed by atoms with Gasteiger partial charge in [0.15, 0.2) is 0 Å². The number of ether oxygens (including phenoxy) is 1. The number of nitrogens with zero attached hydrogens (tertiary/aromatic N) is 3. The molecule has 1 saturated carbocycles. The van der Waals surface area contributed by atoms with Crippen molar-refractivity contribution in [3.63, 3.8) is 0 Å². The Kier molecular flexibility index (Phi) is 9.10. The maximum atomic E-state index is 14.3. The Labute approximate surface area is 274 Å². The van der Waals surface area contributed by atoms with Gasteiger partial charge in [-0.05, 0) is 62.9 Å². The van der Waals surface area contributed by atoms with E-state index in [0.29, 0.717) is 43.4 Å². The molecule has 6 rings (SSSR count). The number of carbonyl (C=O) groups is 3. The fraction of sp³-hybridized carbons (Fsp3) is 0.471. The van der Waals surface area contributed by atoms with E-state index >= 15 is 0 Å². The van der Waals surface area contributed by atoms with E-state index in [9.17, 15) is 37.1 Å². The van der Waals surface area contributed by atoms with Crippen LogP contribution in [0.4, 0.5) is 23.2 Å². The van der Waals surface area contributed by atoms with Gasteiger partial charge in [-0.1, -0.05) is 37.1 Å². The third kappa shape index (κ3) is 6.70. The number of para-hydroxylation sites is 2. The zero-order chi connectivity index (χ0) is 34.2. The summed E-state index contributed by atoms with van der Waals surface area (Å²) in [6.07, 6.45) is 1.18. The fourth-order valence-corrected chi connectivity index (χ4v) is 6.78. The highest BCUT2D eigenvalue weighted by Gasteiger charge is 2.61. The highest BCUT2D eigenvalue weighted by molar-refractivity contribution is 5.96. The first-order valence-corrected chi connectivity index (χ1v) is 16.2. The summed E-state index contributed by atoms with van der Waals surface area (Å²) in [5, 5.41) is 15.6. The number of fused-ring (bicyclic) bond motifs is 3. The van der Waals surface area contributed by atoms with Gasteiger partial charge >= 0.3 is 12.1 Å². The molecule has 256 valence electrons. The third-order valence-electron chi connectivity index (χ3n) is 9.39. The van der Waals surface area contributed by atoms with Gasteiger partial charge in [0.2, 0.25) is 11.8 Å². The minimum Gasteiger partial charge on any atom is -0.479 e. The molecule has 48 heavy (non-hydrogen) atoms. The molecule has 3 aromatic rings. The number of imidazole rings is 1. The Balaban J connectivity index is 1.33. The quantitative estimate of drug-likeness (QED) is 0.233. The first-order valence-electron chi connectivity index (χ1n) is 16.2. The number of aromatic nitrogens is 2. The van der Waals surface area contributed by atoms with E-state index in [1.807, 2.05) is 41.8 Å². The largest absolute Gasteiger partial charge is 0.479 e. The topological polar surface area (TPSA) is 126 Å². The van der Waals surface area contributed by atoms with Crippen molar-refractivity contribution < 1.29 is 41.8 Å². The standard InChI is InChI=1S/C34H37F4N5O5/c1-2-42-27-13-9-8-11-25(27)40-32(42)48-24-17-28-29(44)41-33(31(46)47)18-20(33)10-6-4-3-5-7-12-26(30(45)43(28)19-24)39-23-15-21(34(36,37)38)14-22(35)16-23/h6,8-11,13-16,20,24,26,28,39H,2-5,7,12,17-19H2,1H3,(H,41,44)(H,46,47)/b10-6-/t20-,24-,26+,28+,33-/m1/s1. The number of rotatable bonds is 6. The van der Waals surface area contributed by atoms with E-state index in [2.05, 4.69) is 15.6 Å². The number of amides is 2. The summed E-state index contributed by atoms with van der Waals surface area (Å²) >= 11 is 0. The average molecular weight is 672 g/mol. The van der Waals surface area contributed by atoms with Crippen molar-refractivity contribution in [2.24, 2.45) is 5.92 Å². The zero-order valence-electron chi connectivity index (χ0n) is 26.3. The van der Waals surface area contributed by atoms with Gasteiger partial charge < -0.3 is 25.4 Å². The molecule has 2 aromatic carbocycles. The lowest BCUT2D eigenvalue weighted by atomic mass is 10.0. The van der Waals surface area contributed by atoms with Crippen molar-refractivity contribution in [3.05, 3.63) is 66.0 Å². The molecule has 1 aromatic heterocycles. The summed E-state index contributed by atoms with van der Waals surface area (Å²) in [5.41, 5.74) is -1.40. The molecular formula is C34H37F4N5O5. The van der Waals surface area contributed by atoms with E-state index < -0.39 is 65.0 Å². The van der Waals surface area contributed by atoms with Gasteiger partial charge in [0.05, 0.1) is 23.1 Å². The number of anilines is 1. The number of allylic oxidation sites excluding steroid dienone is 1. The minimum atomic E-state index is -4.81. The van der Waals surface area contributed by atoms with Crippen molar-refractivity contribution in [1.29, 1.82) is 0 Å². The van der Waals surface area contributed by atoms with Crippen LogP contribution in [0.1, 0.15) is 57.4 Å². The van der Waals surface area contributed by atoms with Gasteiger partial charge in [0.1, 0.15) is 29.5 Å². The Morgan fingerprint density at radius 2 is 1.96 bits per heavy atom. The average Bonchev–Trinajstić information content (AvgIpc) is 3.38.